The van der Waals surface area contributed by atoms with Crippen LogP contribution in [0, 0.1) is 20.8 Å². The first-order valence-corrected chi connectivity index (χ1v) is 12.2. The van der Waals surface area contributed by atoms with Gasteiger partial charge in [-0.1, -0.05) is 35.9 Å². The second-order valence-electron chi connectivity index (χ2n) is 9.50. The quantitative estimate of drug-likeness (QED) is 0.409. The van der Waals surface area contributed by atoms with E-state index in [1.165, 1.54) is 27.8 Å². The third-order valence-corrected chi connectivity index (χ3v) is 6.73. The number of pyridine rings is 1. The number of aromatic nitrogens is 1. The number of rotatable bonds is 5. The van der Waals surface area contributed by atoms with Crippen molar-refractivity contribution in [1.82, 2.24) is 10.3 Å². The van der Waals surface area contributed by atoms with Crippen LogP contribution in [0.4, 0.5) is 17.2 Å². The Hall–Kier alpha value is -2.86. The molecule has 0 aliphatic heterocycles. The Kier molecular flexibility index (Phi) is 7.03. The zero-order valence-corrected chi connectivity index (χ0v) is 21.1. The van der Waals surface area contributed by atoms with Gasteiger partial charge in [-0.25, -0.2) is 4.98 Å². The summed E-state index contributed by atoms with van der Waals surface area (Å²) in [6.45, 7) is 6.39. The van der Waals surface area contributed by atoms with Crippen LogP contribution in [0.25, 0.3) is 10.9 Å². The molecule has 33 heavy (non-hydrogen) atoms. The number of benzene rings is 2. The lowest BCUT2D eigenvalue weighted by Gasteiger charge is -2.31. The van der Waals surface area contributed by atoms with E-state index in [9.17, 15) is 0 Å². The van der Waals surface area contributed by atoms with Crippen molar-refractivity contribution in [2.24, 2.45) is 0 Å². The van der Waals surface area contributed by atoms with Crippen molar-refractivity contribution in [2.75, 3.05) is 29.6 Å². The van der Waals surface area contributed by atoms with Crippen molar-refractivity contribution in [2.45, 2.75) is 58.5 Å². The largest absolute Gasteiger partial charge is 0.377 e. The van der Waals surface area contributed by atoms with Crippen molar-refractivity contribution in [3.8, 4) is 0 Å². The van der Waals surface area contributed by atoms with Gasteiger partial charge in [0, 0.05) is 49.0 Å². The first-order valence-electron chi connectivity index (χ1n) is 11.8. The SMILES string of the molecule is Cc1cc(C)c(NC(=S)NC2CCC(Nc3cc(N(C)C)c4ccccc4n3)CC2)c(C)c1. The molecule has 5 nitrogen and oxygen atoms in total. The maximum Gasteiger partial charge on any atom is 0.171 e. The van der Waals surface area contributed by atoms with Gasteiger partial charge in [0.2, 0.25) is 0 Å². The number of anilines is 3. The molecular weight excluding hydrogens is 426 g/mol. The van der Waals surface area contributed by atoms with Crippen LogP contribution >= 0.6 is 12.2 Å². The molecule has 0 unspecified atom stereocenters. The lowest BCUT2D eigenvalue weighted by molar-refractivity contribution is 0.388. The third kappa shape index (κ3) is 5.56. The second-order valence-corrected chi connectivity index (χ2v) is 9.91. The molecule has 1 saturated carbocycles. The van der Waals surface area contributed by atoms with Crippen LogP contribution in [0.5, 0.6) is 0 Å². The van der Waals surface area contributed by atoms with E-state index in [-0.39, 0.29) is 0 Å². The summed E-state index contributed by atoms with van der Waals surface area (Å²) < 4.78 is 0. The maximum absolute atomic E-state index is 5.63. The Labute approximate surface area is 203 Å². The van der Waals surface area contributed by atoms with Crippen molar-refractivity contribution in [1.29, 1.82) is 0 Å². The highest BCUT2D eigenvalue weighted by Gasteiger charge is 2.22. The van der Waals surface area contributed by atoms with Crippen LogP contribution in [0.15, 0.2) is 42.5 Å². The monoisotopic (exact) mass is 461 g/mol. The molecule has 0 atom stereocenters. The molecule has 3 N–H and O–H groups in total. The van der Waals surface area contributed by atoms with Crippen LogP contribution in [-0.2, 0) is 0 Å². The molecule has 0 amide bonds. The summed E-state index contributed by atoms with van der Waals surface area (Å²) in [4.78, 5) is 7.02. The van der Waals surface area contributed by atoms with Crippen molar-refractivity contribution >= 4 is 45.4 Å². The predicted octanol–water partition coefficient (Wildman–Crippen LogP) is 5.94. The average molecular weight is 462 g/mol. The van der Waals surface area contributed by atoms with Gasteiger partial charge in [-0.15, -0.1) is 0 Å². The Morgan fingerprint density at radius 2 is 1.58 bits per heavy atom. The molecule has 174 valence electrons. The summed E-state index contributed by atoms with van der Waals surface area (Å²) in [5.41, 5.74) is 7.07. The lowest BCUT2D eigenvalue weighted by Crippen LogP contribution is -2.42. The minimum atomic E-state index is 0.399. The third-order valence-electron chi connectivity index (χ3n) is 6.51. The molecule has 6 heteroatoms. The highest BCUT2D eigenvalue weighted by Crippen LogP contribution is 2.29. The van der Waals surface area contributed by atoms with Gasteiger partial charge in [-0.2, -0.15) is 0 Å². The van der Waals surface area contributed by atoms with Crippen molar-refractivity contribution in [3.63, 3.8) is 0 Å². The van der Waals surface area contributed by atoms with Gasteiger partial charge in [-0.05, 0) is 75.9 Å². The molecule has 0 bridgehead atoms. The fourth-order valence-electron chi connectivity index (χ4n) is 4.90. The van der Waals surface area contributed by atoms with E-state index >= 15 is 0 Å². The number of nitrogens with zero attached hydrogens (tertiary/aromatic N) is 2. The normalized spacial score (nSPS) is 18.1. The highest BCUT2D eigenvalue weighted by molar-refractivity contribution is 7.80. The standard InChI is InChI=1S/C27H35N5S/c1-17-14-18(2)26(19(3)15-17)31-27(33)29-21-12-10-20(11-13-21)28-25-16-24(32(4)5)22-8-6-7-9-23(22)30-25/h6-9,14-16,20-21H,10-13H2,1-5H3,(H,28,30)(H2,29,31,33). The number of aryl methyl sites for hydroxylation is 3. The Morgan fingerprint density at radius 3 is 2.24 bits per heavy atom. The molecule has 0 spiro atoms. The van der Waals surface area contributed by atoms with E-state index < -0.39 is 0 Å². The van der Waals surface area contributed by atoms with Crippen LogP contribution < -0.4 is 20.9 Å². The van der Waals surface area contributed by atoms with Gasteiger partial charge in [0.25, 0.3) is 0 Å². The van der Waals surface area contributed by atoms with Gasteiger partial charge >= 0.3 is 0 Å². The van der Waals surface area contributed by atoms with E-state index in [0.717, 1.165) is 42.7 Å². The lowest BCUT2D eigenvalue weighted by atomic mass is 9.91. The van der Waals surface area contributed by atoms with E-state index in [0.29, 0.717) is 17.2 Å². The minimum absolute atomic E-state index is 0.399. The minimum Gasteiger partial charge on any atom is -0.377 e. The van der Waals surface area contributed by atoms with E-state index in [1.807, 2.05) is 6.07 Å². The first-order chi connectivity index (χ1) is 15.8. The summed E-state index contributed by atoms with van der Waals surface area (Å²) in [5, 5.41) is 12.6. The number of fused-ring (bicyclic) bond motifs is 1. The molecule has 0 radical (unpaired) electrons. The molecule has 0 saturated heterocycles. The Morgan fingerprint density at radius 1 is 0.939 bits per heavy atom. The topological polar surface area (TPSA) is 52.2 Å². The Balaban J connectivity index is 1.34. The number of hydrogen-bond acceptors (Lipinski definition) is 4. The summed E-state index contributed by atoms with van der Waals surface area (Å²) in [5.74, 6) is 0.955. The average Bonchev–Trinajstić information content (AvgIpc) is 2.77. The fraction of sp³-hybridized carbons (Fsp3) is 0.407. The maximum atomic E-state index is 5.63. The molecule has 3 aromatic rings. The van der Waals surface area contributed by atoms with Crippen LogP contribution in [0.3, 0.4) is 0 Å². The fourth-order valence-corrected chi connectivity index (χ4v) is 5.17. The molecule has 4 rings (SSSR count). The predicted molar refractivity (Wildman–Crippen MR) is 146 cm³/mol. The Bertz CT molecular complexity index is 1130. The van der Waals surface area contributed by atoms with Crippen LogP contribution in [-0.4, -0.2) is 36.3 Å². The van der Waals surface area contributed by atoms with Crippen LogP contribution in [0.1, 0.15) is 42.4 Å². The zero-order chi connectivity index (χ0) is 23.5. The van der Waals surface area contributed by atoms with Gasteiger partial charge in [0.05, 0.1) is 5.52 Å². The van der Waals surface area contributed by atoms with E-state index in [2.05, 4.69) is 92.1 Å². The van der Waals surface area contributed by atoms with Gasteiger partial charge in [0.1, 0.15) is 5.82 Å². The second kappa shape index (κ2) is 9.96. The number of para-hydroxylation sites is 1. The number of hydrogen-bond donors (Lipinski definition) is 3. The van der Waals surface area contributed by atoms with Crippen molar-refractivity contribution in [3.05, 3.63) is 59.2 Å². The van der Waals surface area contributed by atoms with Gasteiger partial charge in [-0.3, -0.25) is 0 Å². The summed E-state index contributed by atoms with van der Waals surface area (Å²) in [6, 6.07) is 15.7. The highest BCUT2D eigenvalue weighted by atomic mass is 32.1. The van der Waals surface area contributed by atoms with E-state index in [1.54, 1.807) is 0 Å². The smallest absolute Gasteiger partial charge is 0.171 e. The first kappa shape index (κ1) is 23.3. The summed E-state index contributed by atoms with van der Waals surface area (Å²) in [7, 11) is 4.16. The van der Waals surface area contributed by atoms with Gasteiger partial charge in [0.15, 0.2) is 5.11 Å². The molecule has 1 aromatic heterocycles. The summed E-state index contributed by atoms with van der Waals surface area (Å²) in [6.07, 6.45) is 4.35. The molecular formula is C27H35N5S. The molecule has 1 aliphatic rings. The van der Waals surface area contributed by atoms with Crippen LogP contribution in [0.2, 0.25) is 0 Å². The number of thiocarbonyl (C=S) groups is 1. The summed E-state index contributed by atoms with van der Waals surface area (Å²) >= 11 is 5.63. The molecule has 2 aromatic carbocycles. The zero-order valence-electron chi connectivity index (χ0n) is 20.3. The van der Waals surface area contributed by atoms with Crippen molar-refractivity contribution < 1.29 is 0 Å². The van der Waals surface area contributed by atoms with E-state index in [4.69, 9.17) is 17.2 Å². The molecule has 1 heterocycles. The number of nitrogens with one attached hydrogen (secondary N) is 3. The molecule has 1 fully saturated rings. The van der Waals surface area contributed by atoms with Gasteiger partial charge < -0.3 is 20.9 Å². The molecule has 1 aliphatic carbocycles.